The van der Waals surface area contributed by atoms with E-state index in [0.717, 1.165) is 32.6 Å². The van der Waals surface area contributed by atoms with E-state index in [-0.39, 0.29) is 0 Å². The minimum Gasteiger partial charge on any atom is -0.314 e. The second-order valence-electron chi connectivity index (χ2n) is 6.44. The van der Waals surface area contributed by atoms with Crippen molar-refractivity contribution in [3.05, 3.63) is 60.2 Å². The van der Waals surface area contributed by atoms with Gasteiger partial charge in [-0.3, -0.25) is 4.90 Å². The number of nitrogens with zero attached hydrogens (tertiary/aromatic N) is 1. The summed E-state index contributed by atoms with van der Waals surface area (Å²) in [5.74, 6) is 0. The summed E-state index contributed by atoms with van der Waals surface area (Å²) in [5.41, 5.74) is 1.52. The summed E-state index contributed by atoms with van der Waals surface area (Å²) in [6.45, 7) is 6.79. The summed E-state index contributed by atoms with van der Waals surface area (Å²) >= 11 is 0. The van der Waals surface area contributed by atoms with Crippen molar-refractivity contribution in [2.45, 2.75) is 19.4 Å². The first-order valence-corrected chi connectivity index (χ1v) is 8.73. The number of fused-ring (bicyclic) bond motifs is 2. The quantitative estimate of drug-likeness (QED) is 0.724. The van der Waals surface area contributed by atoms with Crippen LogP contribution in [0.5, 0.6) is 0 Å². The molecule has 0 aliphatic carbocycles. The van der Waals surface area contributed by atoms with Gasteiger partial charge in [-0.2, -0.15) is 0 Å². The van der Waals surface area contributed by atoms with Gasteiger partial charge in [0.05, 0.1) is 0 Å². The lowest BCUT2D eigenvalue weighted by atomic mass is 9.90. The van der Waals surface area contributed by atoms with Crippen molar-refractivity contribution in [2.75, 3.05) is 26.2 Å². The fourth-order valence-electron chi connectivity index (χ4n) is 4.05. The molecule has 0 aromatic heterocycles. The fraction of sp³-hybridized carbons (Fsp3) is 0.333. The monoisotopic (exact) mass is 304 g/mol. The number of hydrogen-bond acceptors (Lipinski definition) is 2. The van der Waals surface area contributed by atoms with Crippen LogP contribution in [0.15, 0.2) is 54.6 Å². The van der Waals surface area contributed by atoms with Crippen LogP contribution in [0.3, 0.4) is 0 Å². The average Bonchev–Trinajstić information content (AvgIpc) is 2.62. The zero-order chi connectivity index (χ0) is 15.6. The van der Waals surface area contributed by atoms with Crippen molar-refractivity contribution in [1.29, 1.82) is 0 Å². The van der Waals surface area contributed by atoms with E-state index in [9.17, 15) is 0 Å². The summed E-state index contributed by atoms with van der Waals surface area (Å²) in [7, 11) is 0. The van der Waals surface area contributed by atoms with Crippen LogP contribution in [-0.4, -0.2) is 31.1 Å². The Morgan fingerprint density at radius 3 is 2.04 bits per heavy atom. The van der Waals surface area contributed by atoms with Crippen LogP contribution in [0, 0.1) is 0 Å². The molecular weight excluding hydrogens is 280 g/mol. The van der Waals surface area contributed by atoms with Gasteiger partial charge in [0.15, 0.2) is 0 Å². The van der Waals surface area contributed by atoms with Gasteiger partial charge in [0.25, 0.3) is 0 Å². The Hall–Kier alpha value is -1.90. The molecule has 1 atom stereocenters. The van der Waals surface area contributed by atoms with Gasteiger partial charge in [-0.15, -0.1) is 0 Å². The first kappa shape index (κ1) is 14.7. The predicted octanol–water partition coefficient (Wildman–Crippen LogP) is 4.35. The molecule has 0 saturated carbocycles. The van der Waals surface area contributed by atoms with Gasteiger partial charge in [0.2, 0.25) is 0 Å². The van der Waals surface area contributed by atoms with Crippen molar-refractivity contribution in [2.24, 2.45) is 0 Å². The topological polar surface area (TPSA) is 15.3 Å². The number of benzene rings is 3. The molecule has 23 heavy (non-hydrogen) atoms. The SMILES string of the molecule is CC[C@@H](c1c2ccccc2cc2ccccc12)N1CCNCC1. The number of nitrogens with one attached hydrogen (secondary N) is 1. The van der Waals surface area contributed by atoms with Gasteiger partial charge in [0, 0.05) is 32.2 Å². The van der Waals surface area contributed by atoms with Crippen molar-refractivity contribution >= 4 is 21.5 Å². The number of piperazine rings is 1. The average molecular weight is 304 g/mol. The molecule has 3 aromatic rings. The highest BCUT2D eigenvalue weighted by atomic mass is 15.2. The van der Waals surface area contributed by atoms with E-state index in [1.807, 2.05) is 0 Å². The molecule has 2 nitrogen and oxygen atoms in total. The van der Waals surface area contributed by atoms with Crippen molar-refractivity contribution in [1.82, 2.24) is 10.2 Å². The molecule has 0 amide bonds. The largest absolute Gasteiger partial charge is 0.314 e. The van der Waals surface area contributed by atoms with Gasteiger partial charge >= 0.3 is 0 Å². The third-order valence-corrected chi connectivity index (χ3v) is 5.13. The Morgan fingerprint density at radius 1 is 0.913 bits per heavy atom. The van der Waals surface area contributed by atoms with E-state index in [1.54, 1.807) is 0 Å². The van der Waals surface area contributed by atoms with Crippen molar-refractivity contribution in [3.63, 3.8) is 0 Å². The molecule has 1 saturated heterocycles. The first-order valence-electron chi connectivity index (χ1n) is 8.73. The summed E-state index contributed by atoms with van der Waals surface area (Å²) in [6, 6.07) is 20.5. The second-order valence-corrected chi connectivity index (χ2v) is 6.44. The van der Waals surface area contributed by atoms with Gasteiger partial charge < -0.3 is 5.32 Å². The van der Waals surface area contributed by atoms with Crippen molar-refractivity contribution < 1.29 is 0 Å². The van der Waals surface area contributed by atoms with Crippen LogP contribution in [0.2, 0.25) is 0 Å². The molecule has 1 fully saturated rings. The molecule has 0 bridgehead atoms. The normalized spacial score (nSPS) is 17.6. The van der Waals surface area contributed by atoms with E-state index in [2.05, 4.69) is 71.7 Å². The maximum absolute atomic E-state index is 3.48. The molecule has 0 unspecified atom stereocenters. The Kier molecular flexibility index (Phi) is 4.02. The lowest BCUT2D eigenvalue weighted by molar-refractivity contribution is 0.171. The third-order valence-electron chi connectivity index (χ3n) is 5.13. The molecule has 4 rings (SSSR count). The third kappa shape index (κ3) is 2.62. The maximum atomic E-state index is 3.48. The molecule has 1 heterocycles. The molecule has 0 radical (unpaired) electrons. The first-order chi connectivity index (χ1) is 11.4. The zero-order valence-electron chi connectivity index (χ0n) is 13.8. The minimum atomic E-state index is 0.494. The molecule has 1 aliphatic rings. The summed E-state index contributed by atoms with van der Waals surface area (Å²) in [4.78, 5) is 2.66. The van der Waals surface area contributed by atoms with Crippen LogP contribution in [0.1, 0.15) is 24.9 Å². The summed E-state index contributed by atoms with van der Waals surface area (Å²) < 4.78 is 0. The molecular formula is C21H24N2. The molecule has 0 spiro atoms. The van der Waals surface area contributed by atoms with Gasteiger partial charge in [-0.05, 0) is 39.6 Å². The van der Waals surface area contributed by atoms with Crippen LogP contribution in [-0.2, 0) is 0 Å². The second kappa shape index (κ2) is 6.31. The van der Waals surface area contributed by atoms with Gasteiger partial charge in [-0.1, -0.05) is 55.5 Å². The van der Waals surface area contributed by atoms with E-state index in [0.29, 0.717) is 6.04 Å². The van der Waals surface area contributed by atoms with Crippen LogP contribution in [0.4, 0.5) is 0 Å². The minimum absolute atomic E-state index is 0.494. The Labute approximate surface area is 138 Å². The Balaban J connectivity index is 1.97. The van der Waals surface area contributed by atoms with E-state index >= 15 is 0 Å². The lowest BCUT2D eigenvalue weighted by Crippen LogP contribution is -2.45. The predicted molar refractivity (Wildman–Crippen MR) is 98.9 cm³/mol. The number of rotatable bonds is 3. The number of hydrogen-bond donors (Lipinski definition) is 1. The van der Waals surface area contributed by atoms with Crippen molar-refractivity contribution in [3.8, 4) is 0 Å². The molecule has 2 heteroatoms. The zero-order valence-corrected chi connectivity index (χ0v) is 13.8. The summed E-state index contributed by atoms with van der Waals surface area (Å²) in [6.07, 6.45) is 1.15. The molecule has 1 N–H and O–H groups in total. The lowest BCUT2D eigenvalue weighted by Gasteiger charge is -2.36. The van der Waals surface area contributed by atoms with E-state index in [4.69, 9.17) is 0 Å². The van der Waals surface area contributed by atoms with E-state index < -0.39 is 0 Å². The van der Waals surface area contributed by atoms with Crippen LogP contribution >= 0.6 is 0 Å². The van der Waals surface area contributed by atoms with Crippen LogP contribution in [0.25, 0.3) is 21.5 Å². The highest BCUT2D eigenvalue weighted by Gasteiger charge is 2.24. The standard InChI is InChI=1S/C21H24N2/c1-2-20(23-13-11-22-12-14-23)21-18-9-5-3-7-16(18)15-17-8-4-6-10-19(17)21/h3-10,15,20,22H,2,11-14H2,1H3/t20-/m0/s1. The molecule has 3 aromatic carbocycles. The highest BCUT2D eigenvalue weighted by Crippen LogP contribution is 2.37. The summed E-state index contributed by atoms with van der Waals surface area (Å²) in [5, 5.41) is 9.02. The Morgan fingerprint density at radius 2 is 1.48 bits per heavy atom. The fourth-order valence-corrected chi connectivity index (χ4v) is 4.05. The molecule has 118 valence electrons. The smallest absolute Gasteiger partial charge is 0.0358 e. The van der Waals surface area contributed by atoms with Crippen LogP contribution < -0.4 is 5.32 Å². The highest BCUT2D eigenvalue weighted by molar-refractivity contribution is 6.02. The van der Waals surface area contributed by atoms with E-state index in [1.165, 1.54) is 27.1 Å². The Bertz CT molecular complexity index is 764. The maximum Gasteiger partial charge on any atom is 0.0358 e. The van der Waals surface area contributed by atoms with Gasteiger partial charge in [-0.25, -0.2) is 0 Å². The molecule has 1 aliphatic heterocycles. The van der Waals surface area contributed by atoms with Gasteiger partial charge in [0.1, 0.15) is 0 Å².